The lowest BCUT2D eigenvalue weighted by Gasteiger charge is -2.43. The summed E-state index contributed by atoms with van der Waals surface area (Å²) in [6.07, 6.45) is 5.38. The zero-order valence-electron chi connectivity index (χ0n) is 24.8. The van der Waals surface area contributed by atoms with E-state index in [0.29, 0.717) is 29.2 Å². The fourth-order valence-corrected chi connectivity index (χ4v) is 9.00. The van der Waals surface area contributed by atoms with Crippen molar-refractivity contribution in [1.29, 1.82) is 0 Å². The quantitative estimate of drug-likeness (QED) is 0.157. The number of benzene rings is 1. The highest BCUT2D eigenvalue weighted by atomic mass is 31.2. The minimum Gasteiger partial charge on any atom is -0.378 e. The van der Waals surface area contributed by atoms with Crippen molar-refractivity contribution < 1.29 is 18.5 Å². The van der Waals surface area contributed by atoms with Crippen molar-refractivity contribution in [2.75, 3.05) is 25.5 Å². The van der Waals surface area contributed by atoms with Crippen LogP contribution in [-0.2, 0) is 13.6 Å². The third kappa shape index (κ3) is 7.82. The predicted molar refractivity (Wildman–Crippen MR) is 155 cm³/mol. The monoisotopic (exact) mass is 550 g/mol. The zero-order valence-corrected chi connectivity index (χ0v) is 25.7. The maximum atomic E-state index is 15.2. The fraction of sp³-hybridized carbons (Fsp3) is 0.800. The van der Waals surface area contributed by atoms with Gasteiger partial charge in [0.25, 0.3) is 0 Å². The Labute approximate surface area is 230 Å². The highest BCUT2D eigenvalue weighted by molar-refractivity contribution is 7.54. The minimum atomic E-state index is -3.94. The summed E-state index contributed by atoms with van der Waals surface area (Å²) >= 11 is 0. The first-order valence-corrected chi connectivity index (χ1v) is 16.3. The van der Waals surface area contributed by atoms with E-state index < -0.39 is 19.8 Å². The first kappa shape index (κ1) is 31.1. The van der Waals surface area contributed by atoms with Gasteiger partial charge < -0.3 is 13.9 Å². The average Bonchev–Trinajstić information content (AvgIpc) is 2.82. The molecule has 0 N–H and O–H groups in total. The Kier molecular flexibility index (Phi) is 10.9. The van der Waals surface area contributed by atoms with E-state index in [1.54, 1.807) is 0 Å². The van der Waals surface area contributed by atoms with E-state index in [-0.39, 0.29) is 29.0 Å². The largest absolute Gasteiger partial charge is 0.378 e. The van der Waals surface area contributed by atoms with Gasteiger partial charge in [0, 0.05) is 24.7 Å². The topological polar surface area (TPSA) is 81.9 Å². The van der Waals surface area contributed by atoms with Crippen LogP contribution in [0.25, 0.3) is 0 Å². The van der Waals surface area contributed by atoms with E-state index in [4.69, 9.17) is 9.05 Å². The number of rotatable bonds is 11. The summed E-state index contributed by atoms with van der Waals surface area (Å²) in [5.41, 5.74) is 0.668. The van der Waals surface area contributed by atoms with Gasteiger partial charge in [0.15, 0.2) is 5.66 Å². The van der Waals surface area contributed by atoms with E-state index in [2.05, 4.69) is 41.5 Å². The molecule has 0 aliphatic heterocycles. The predicted octanol–water partition coefficient (Wildman–Crippen LogP) is 8.22. The van der Waals surface area contributed by atoms with Gasteiger partial charge in [0.05, 0.1) is 12.2 Å². The third-order valence-corrected chi connectivity index (χ3v) is 11.3. The maximum absolute atomic E-state index is 15.2. The van der Waals surface area contributed by atoms with Gasteiger partial charge in [-0.05, 0) is 78.9 Å². The van der Waals surface area contributed by atoms with E-state index in [1.165, 1.54) is 0 Å². The van der Waals surface area contributed by atoms with Gasteiger partial charge in [0.1, 0.15) is 0 Å². The molecule has 0 heterocycles. The molecule has 2 aliphatic rings. The molecule has 0 saturated heterocycles. The number of anilines is 1. The van der Waals surface area contributed by atoms with Gasteiger partial charge in [-0.15, -0.1) is 0 Å². The van der Waals surface area contributed by atoms with Gasteiger partial charge in [-0.3, -0.25) is 14.7 Å². The molecule has 0 spiro atoms. The second-order valence-electron chi connectivity index (χ2n) is 13.0. The van der Waals surface area contributed by atoms with Crippen LogP contribution in [0.4, 0.5) is 5.69 Å². The maximum Gasteiger partial charge on any atom is 0.345 e. The first-order chi connectivity index (χ1) is 17.8. The average molecular weight is 551 g/mol. The van der Waals surface area contributed by atoms with Crippen molar-refractivity contribution in [3.05, 3.63) is 39.9 Å². The van der Waals surface area contributed by atoms with Crippen LogP contribution in [0.3, 0.4) is 0 Å². The Balaban J connectivity index is 2.07. The number of nitrogens with zero attached hydrogens (tertiary/aromatic N) is 2. The highest BCUT2D eigenvalue weighted by Gasteiger charge is 2.48. The SMILES string of the molecule is CC(C)[C@H]1CC[C@@H](C)C[C@H]1OP(=O)(O[C@@H]1C[C@H](C)CC[C@@H]1C(C)C)[C@@H](C[N+](=O)[O-])c1ccc(N(C)C)cc1. The molecule has 7 atom stereocenters. The summed E-state index contributed by atoms with van der Waals surface area (Å²) in [5, 5.41) is 12.0. The molecule has 0 unspecified atom stereocenters. The molecule has 0 radical (unpaired) electrons. The molecule has 7 nitrogen and oxygen atoms in total. The van der Waals surface area contributed by atoms with Crippen molar-refractivity contribution in [2.45, 2.75) is 97.9 Å². The van der Waals surface area contributed by atoms with Crippen molar-refractivity contribution in [1.82, 2.24) is 0 Å². The second-order valence-corrected chi connectivity index (χ2v) is 15.1. The van der Waals surface area contributed by atoms with Gasteiger partial charge in [-0.2, -0.15) is 0 Å². The minimum absolute atomic E-state index is 0.238. The van der Waals surface area contributed by atoms with Crippen molar-refractivity contribution in [3.63, 3.8) is 0 Å². The standard InChI is InChI=1S/C30H51N2O5P/c1-20(2)26-15-9-22(5)17-28(26)36-38(35,37-29-18-23(6)10-16-27(29)21(3)4)30(19-32(33)34)24-11-13-25(14-12-24)31(7)8/h11-14,20-23,26-30H,9-10,15-19H2,1-8H3/t22-,23-,26-,27-,28-,29-,30+/m1/s1. The number of hydrogen-bond acceptors (Lipinski definition) is 6. The lowest BCUT2D eigenvalue weighted by Crippen LogP contribution is -2.37. The van der Waals surface area contributed by atoms with E-state index >= 15 is 4.57 Å². The summed E-state index contributed by atoms with van der Waals surface area (Å²) in [6, 6.07) is 7.56. The molecule has 216 valence electrons. The zero-order chi connectivity index (χ0) is 28.2. The van der Waals surface area contributed by atoms with Crippen LogP contribution in [0.1, 0.15) is 91.3 Å². The highest BCUT2D eigenvalue weighted by Crippen LogP contribution is 2.65. The Morgan fingerprint density at radius 2 is 1.34 bits per heavy atom. The van der Waals surface area contributed by atoms with Crippen LogP contribution in [0.15, 0.2) is 24.3 Å². The summed E-state index contributed by atoms with van der Waals surface area (Å²) < 4.78 is 28.6. The molecular weight excluding hydrogens is 499 g/mol. The number of hydrogen-bond donors (Lipinski definition) is 0. The third-order valence-electron chi connectivity index (χ3n) is 8.99. The molecule has 0 amide bonds. The molecular formula is C30H51N2O5P. The van der Waals surface area contributed by atoms with Gasteiger partial charge >= 0.3 is 7.60 Å². The van der Waals surface area contributed by atoms with Crippen molar-refractivity contribution >= 4 is 13.3 Å². The molecule has 38 heavy (non-hydrogen) atoms. The summed E-state index contributed by atoms with van der Waals surface area (Å²) in [7, 11) is -0.0403. The lowest BCUT2D eigenvalue weighted by molar-refractivity contribution is -0.480. The Hall–Kier alpha value is -1.43. The van der Waals surface area contributed by atoms with Crippen LogP contribution >= 0.6 is 7.60 Å². The Morgan fingerprint density at radius 1 is 0.895 bits per heavy atom. The van der Waals surface area contributed by atoms with Gasteiger partial charge in [0.2, 0.25) is 6.54 Å². The smallest absolute Gasteiger partial charge is 0.345 e. The van der Waals surface area contributed by atoms with Gasteiger partial charge in [-0.25, -0.2) is 0 Å². The van der Waals surface area contributed by atoms with Crippen LogP contribution < -0.4 is 4.90 Å². The first-order valence-electron chi connectivity index (χ1n) is 14.7. The molecule has 2 saturated carbocycles. The van der Waals surface area contributed by atoms with E-state index in [0.717, 1.165) is 44.2 Å². The lowest BCUT2D eigenvalue weighted by atomic mass is 9.75. The van der Waals surface area contributed by atoms with E-state index in [9.17, 15) is 10.1 Å². The normalized spacial score (nSPS) is 29.4. The van der Waals surface area contributed by atoms with Crippen LogP contribution in [0.2, 0.25) is 0 Å². The Morgan fingerprint density at radius 3 is 1.71 bits per heavy atom. The van der Waals surface area contributed by atoms with E-state index in [1.807, 2.05) is 43.3 Å². The van der Waals surface area contributed by atoms with Crippen LogP contribution in [-0.4, -0.2) is 37.8 Å². The molecule has 8 heteroatoms. The molecule has 1 aromatic rings. The molecule has 1 aromatic carbocycles. The summed E-state index contributed by atoms with van der Waals surface area (Å²) in [5.74, 6) is 2.15. The fourth-order valence-electron chi connectivity index (χ4n) is 6.54. The van der Waals surface area contributed by atoms with Crippen LogP contribution in [0.5, 0.6) is 0 Å². The van der Waals surface area contributed by atoms with Crippen LogP contribution in [0, 0.1) is 45.6 Å². The Bertz CT molecular complexity index is 912. The second kappa shape index (κ2) is 13.3. The molecule has 2 fully saturated rings. The molecule has 3 rings (SSSR count). The number of nitro groups is 1. The van der Waals surface area contributed by atoms with Gasteiger partial charge in [-0.1, -0.05) is 66.5 Å². The van der Waals surface area contributed by atoms with Crippen molar-refractivity contribution in [3.8, 4) is 0 Å². The molecule has 0 aromatic heterocycles. The molecule has 2 aliphatic carbocycles. The molecule has 0 bridgehead atoms. The summed E-state index contributed by atoms with van der Waals surface area (Å²) in [4.78, 5) is 13.6. The summed E-state index contributed by atoms with van der Waals surface area (Å²) in [6.45, 7) is 12.7. The van der Waals surface area contributed by atoms with Crippen molar-refractivity contribution in [2.24, 2.45) is 35.5 Å².